The minimum atomic E-state index is -3.13. The standard InChI is InChI=1S/C14H13F3N4O2/c1-21(8-10-7-18-4-5-19-10)14(22)20-11-3-2-9(15)6-12(11)23-13(16)17/h2-7,13H,8H2,1H3,(H,20,22). The maximum absolute atomic E-state index is 13.1. The van der Waals surface area contributed by atoms with E-state index in [1.165, 1.54) is 30.5 Å². The Bertz CT molecular complexity index is 670. The highest BCUT2D eigenvalue weighted by molar-refractivity contribution is 5.90. The van der Waals surface area contributed by atoms with Crippen molar-refractivity contribution < 1.29 is 22.7 Å². The molecule has 0 atom stereocenters. The molecule has 1 aromatic heterocycles. The van der Waals surface area contributed by atoms with E-state index >= 15 is 0 Å². The molecule has 2 rings (SSSR count). The molecule has 0 bridgehead atoms. The maximum Gasteiger partial charge on any atom is 0.387 e. The van der Waals surface area contributed by atoms with Gasteiger partial charge in [-0.3, -0.25) is 9.97 Å². The van der Waals surface area contributed by atoms with Crippen LogP contribution in [0.2, 0.25) is 0 Å². The zero-order valence-electron chi connectivity index (χ0n) is 12.0. The normalized spacial score (nSPS) is 10.5. The lowest BCUT2D eigenvalue weighted by atomic mass is 10.3. The molecule has 0 aliphatic rings. The van der Waals surface area contributed by atoms with Crippen LogP contribution < -0.4 is 10.1 Å². The van der Waals surface area contributed by atoms with Gasteiger partial charge in [-0.05, 0) is 12.1 Å². The van der Waals surface area contributed by atoms with Crippen LogP contribution in [-0.4, -0.2) is 34.6 Å². The summed E-state index contributed by atoms with van der Waals surface area (Å²) < 4.78 is 42.0. The number of urea groups is 1. The molecule has 0 spiro atoms. The van der Waals surface area contributed by atoms with Crippen molar-refractivity contribution in [2.24, 2.45) is 0 Å². The summed E-state index contributed by atoms with van der Waals surface area (Å²) in [7, 11) is 1.49. The molecule has 1 N–H and O–H groups in total. The van der Waals surface area contributed by atoms with E-state index in [4.69, 9.17) is 0 Å². The number of nitrogens with zero attached hydrogens (tertiary/aromatic N) is 3. The van der Waals surface area contributed by atoms with Crippen LogP contribution in [-0.2, 0) is 6.54 Å². The first-order valence-corrected chi connectivity index (χ1v) is 6.47. The van der Waals surface area contributed by atoms with Gasteiger partial charge in [-0.2, -0.15) is 8.78 Å². The molecule has 9 heteroatoms. The fraction of sp³-hybridized carbons (Fsp3) is 0.214. The highest BCUT2D eigenvalue weighted by Crippen LogP contribution is 2.27. The topological polar surface area (TPSA) is 67.4 Å². The van der Waals surface area contributed by atoms with Crippen LogP contribution >= 0.6 is 0 Å². The molecule has 0 unspecified atom stereocenters. The largest absolute Gasteiger partial charge is 0.432 e. The van der Waals surface area contributed by atoms with E-state index in [-0.39, 0.29) is 12.2 Å². The second-order valence-electron chi connectivity index (χ2n) is 4.50. The van der Waals surface area contributed by atoms with E-state index in [0.717, 1.165) is 18.2 Å². The summed E-state index contributed by atoms with van der Waals surface area (Å²) in [5.74, 6) is -1.21. The molecular weight excluding hydrogens is 313 g/mol. The highest BCUT2D eigenvalue weighted by Gasteiger charge is 2.16. The average molecular weight is 326 g/mol. The van der Waals surface area contributed by atoms with Gasteiger partial charge in [0.25, 0.3) is 0 Å². The minimum absolute atomic E-state index is 0.0669. The van der Waals surface area contributed by atoms with E-state index in [2.05, 4.69) is 20.0 Å². The average Bonchev–Trinajstić information content (AvgIpc) is 2.50. The number of nitrogens with one attached hydrogen (secondary N) is 1. The van der Waals surface area contributed by atoms with Crippen LogP contribution in [0.4, 0.5) is 23.7 Å². The van der Waals surface area contributed by atoms with Gasteiger partial charge in [-0.25, -0.2) is 9.18 Å². The van der Waals surface area contributed by atoms with Crippen molar-refractivity contribution in [1.29, 1.82) is 0 Å². The zero-order chi connectivity index (χ0) is 16.8. The van der Waals surface area contributed by atoms with Gasteiger partial charge in [-0.15, -0.1) is 0 Å². The summed E-state index contributed by atoms with van der Waals surface area (Å²) in [5.41, 5.74) is 0.482. The van der Waals surface area contributed by atoms with Crippen molar-refractivity contribution in [2.45, 2.75) is 13.2 Å². The van der Waals surface area contributed by atoms with Gasteiger partial charge in [0, 0.05) is 25.5 Å². The summed E-state index contributed by atoms with van der Waals surface area (Å²) in [5, 5.41) is 2.38. The summed E-state index contributed by atoms with van der Waals surface area (Å²) in [4.78, 5) is 21.2. The number of rotatable bonds is 5. The molecule has 2 amide bonds. The lowest BCUT2D eigenvalue weighted by molar-refractivity contribution is -0.0495. The lowest BCUT2D eigenvalue weighted by Crippen LogP contribution is -2.31. The number of halogens is 3. The highest BCUT2D eigenvalue weighted by atomic mass is 19.3. The Kier molecular flexibility index (Phi) is 5.34. The maximum atomic E-state index is 13.1. The number of alkyl halides is 2. The molecule has 1 aromatic carbocycles. The van der Waals surface area contributed by atoms with Crippen LogP contribution in [0.5, 0.6) is 5.75 Å². The first-order chi connectivity index (χ1) is 11.0. The number of carbonyl (C=O) groups is 1. The smallest absolute Gasteiger partial charge is 0.387 e. The monoisotopic (exact) mass is 326 g/mol. The Morgan fingerprint density at radius 3 is 2.83 bits per heavy atom. The molecule has 23 heavy (non-hydrogen) atoms. The Labute approximate surface area is 129 Å². The second-order valence-corrected chi connectivity index (χ2v) is 4.50. The summed E-state index contributed by atoms with van der Waals surface area (Å²) in [6.45, 7) is -2.98. The first kappa shape index (κ1) is 16.5. The number of amides is 2. The molecule has 2 aromatic rings. The van der Waals surface area contributed by atoms with Crippen LogP contribution in [0.1, 0.15) is 5.69 Å². The Balaban J connectivity index is 2.07. The third-order valence-corrected chi connectivity index (χ3v) is 2.76. The van der Waals surface area contributed by atoms with Gasteiger partial charge in [0.2, 0.25) is 0 Å². The molecule has 0 saturated carbocycles. The molecule has 1 heterocycles. The van der Waals surface area contributed by atoms with Gasteiger partial charge in [0.05, 0.1) is 24.1 Å². The number of anilines is 1. The fourth-order valence-corrected chi connectivity index (χ4v) is 1.73. The van der Waals surface area contributed by atoms with Gasteiger partial charge in [0.1, 0.15) is 5.82 Å². The molecule has 122 valence electrons. The van der Waals surface area contributed by atoms with E-state index in [9.17, 15) is 18.0 Å². The van der Waals surface area contributed by atoms with Crippen LogP contribution in [0.3, 0.4) is 0 Å². The number of hydrogen-bond donors (Lipinski definition) is 1. The van der Waals surface area contributed by atoms with Crippen molar-refractivity contribution in [2.75, 3.05) is 12.4 Å². The van der Waals surface area contributed by atoms with Crippen molar-refractivity contribution in [3.63, 3.8) is 0 Å². The van der Waals surface area contributed by atoms with Crippen LogP contribution in [0.25, 0.3) is 0 Å². The molecular formula is C14H13F3N4O2. The van der Waals surface area contributed by atoms with E-state index in [1.54, 1.807) is 0 Å². The fourth-order valence-electron chi connectivity index (χ4n) is 1.73. The van der Waals surface area contributed by atoms with Crippen LogP contribution in [0.15, 0.2) is 36.8 Å². The molecule has 0 aliphatic carbocycles. The Hall–Kier alpha value is -2.84. The summed E-state index contributed by atoms with van der Waals surface area (Å²) in [6.07, 6.45) is 4.47. The molecule has 0 fully saturated rings. The number of aromatic nitrogens is 2. The van der Waals surface area contributed by atoms with Gasteiger partial charge >= 0.3 is 12.6 Å². The predicted octanol–water partition coefficient (Wildman–Crippen LogP) is 2.88. The van der Waals surface area contributed by atoms with Crippen LogP contribution in [0, 0.1) is 5.82 Å². The third-order valence-electron chi connectivity index (χ3n) is 2.76. The lowest BCUT2D eigenvalue weighted by Gasteiger charge is -2.18. The van der Waals surface area contributed by atoms with Crippen molar-refractivity contribution in [3.05, 3.63) is 48.3 Å². The minimum Gasteiger partial charge on any atom is -0.432 e. The van der Waals surface area contributed by atoms with Gasteiger partial charge in [0.15, 0.2) is 5.75 Å². The number of hydrogen-bond acceptors (Lipinski definition) is 4. The van der Waals surface area contributed by atoms with Crippen molar-refractivity contribution in [1.82, 2.24) is 14.9 Å². The Morgan fingerprint density at radius 1 is 1.39 bits per heavy atom. The van der Waals surface area contributed by atoms with Gasteiger partial charge in [-0.1, -0.05) is 0 Å². The molecule has 0 saturated heterocycles. The third kappa shape index (κ3) is 4.83. The summed E-state index contributed by atoms with van der Waals surface area (Å²) in [6, 6.07) is 2.34. The molecule has 6 nitrogen and oxygen atoms in total. The van der Waals surface area contributed by atoms with Crippen molar-refractivity contribution >= 4 is 11.7 Å². The first-order valence-electron chi connectivity index (χ1n) is 6.47. The zero-order valence-corrected chi connectivity index (χ0v) is 12.0. The van der Waals surface area contributed by atoms with Gasteiger partial charge < -0.3 is 15.0 Å². The summed E-state index contributed by atoms with van der Waals surface area (Å²) >= 11 is 0. The second kappa shape index (κ2) is 7.43. The number of ether oxygens (including phenoxy) is 1. The quantitative estimate of drug-likeness (QED) is 0.917. The van der Waals surface area contributed by atoms with E-state index < -0.39 is 24.2 Å². The van der Waals surface area contributed by atoms with E-state index in [0.29, 0.717) is 5.69 Å². The van der Waals surface area contributed by atoms with E-state index in [1.807, 2.05) is 0 Å². The van der Waals surface area contributed by atoms with Crippen molar-refractivity contribution in [3.8, 4) is 5.75 Å². The molecule has 0 radical (unpaired) electrons. The molecule has 0 aliphatic heterocycles. The number of benzene rings is 1. The SMILES string of the molecule is CN(Cc1cnccn1)C(=O)Nc1ccc(F)cc1OC(F)F. The Morgan fingerprint density at radius 2 is 2.17 bits per heavy atom. The predicted molar refractivity (Wildman–Crippen MR) is 75.5 cm³/mol. The number of carbonyl (C=O) groups excluding carboxylic acids is 1.